The van der Waals surface area contributed by atoms with Crippen LogP contribution >= 0.6 is 0 Å². The minimum atomic E-state index is 0.224. The lowest BCUT2D eigenvalue weighted by atomic mass is 9.78. The maximum Gasteiger partial charge on any atom is -0.000555 e. The Morgan fingerprint density at radius 1 is 1.14 bits per heavy atom. The van der Waals surface area contributed by atoms with Crippen molar-refractivity contribution in [2.24, 2.45) is 11.7 Å². The van der Waals surface area contributed by atoms with Gasteiger partial charge in [-0.2, -0.15) is 0 Å². The molecule has 1 fully saturated rings. The molecule has 1 heterocycles. The van der Waals surface area contributed by atoms with Crippen LogP contribution in [0.4, 0.5) is 0 Å². The van der Waals surface area contributed by atoms with Crippen molar-refractivity contribution in [3.63, 3.8) is 0 Å². The quantitative estimate of drug-likeness (QED) is 0.885. The number of nitrogens with zero attached hydrogens (tertiary/aromatic N) is 1. The lowest BCUT2D eigenvalue weighted by molar-refractivity contribution is 0.169. The average Bonchev–Trinajstić information content (AvgIpc) is 2.50. The van der Waals surface area contributed by atoms with Crippen LogP contribution in [0.3, 0.4) is 0 Å². The van der Waals surface area contributed by atoms with Crippen LogP contribution in [-0.2, 0) is 5.41 Å². The molecule has 124 valence electrons. The van der Waals surface area contributed by atoms with Crippen LogP contribution in [0.15, 0.2) is 24.3 Å². The highest BCUT2D eigenvalue weighted by atomic mass is 15.1. The van der Waals surface area contributed by atoms with Gasteiger partial charge in [0.15, 0.2) is 0 Å². The van der Waals surface area contributed by atoms with Gasteiger partial charge in [-0.05, 0) is 73.8 Å². The SMILES string of the molecule is CCCN1CCC(C(CN)c2ccc(C(C)(C)C)cc2)CC1. The van der Waals surface area contributed by atoms with Crippen LogP contribution in [0.2, 0.25) is 0 Å². The van der Waals surface area contributed by atoms with E-state index in [9.17, 15) is 0 Å². The highest BCUT2D eigenvalue weighted by molar-refractivity contribution is 5.30. The Morgan fingerprint density at radius 2 is 1.73 bits per heavy atom. The van der Waals surface area contributed by atoms with E-state index in [4.69, 9.17) is 5.73 Å². The number of likely N-dealkylation sites (tertiary alicyclic amines) is 1. The van der Waals surface area contributed by atoms with Crippen molar-refractivity contribution in [1.29, 1.82) is 0 Å². The van der Waals surface area contributed by atoms with Crippen molar-refractivity contribution in [2.75, 3.05) is 26.2 Å². The van der Waals surface area contributed by atoms with Gasteiger partial charge in [-0.1, -0.05) is 52.0 Å². The van der Waals surface area contributed by atoms with Gasteiger partial charge in [0, 0.05) is 0 Å². The molecule has 2 rings (SSSR count). The average molecular weight is 303 g/mol. The molecule has 0 aromatic heterocycles. The van der Waals surface area contributed by atoms with E-state index >= 15 is 0 Å². The summed E-state index contributed by atoms with van der Waals surface area (Å²) < 4.78 is 0. The van der Waals surface area contributed by atoms with Crippen LogP contribution < -0.4 is 5.73 Å². The lowest BCUT2D eigenvalue weighted by Gasteiger charge is -2.36. The van der Waals surface area contributed by atoms with Crippen LogP contribution in [0.5, 0.6) is 0 Å². The summed E-state index contributed by atoms with van der Waals surface area (Å²) >= 11 is 0. The van der Waals surface area contributed by atoms with E-state index in [0.717, 1.165) is 12.5 Å². The maximum atomic E-state index is 6.14. The second-order valence-electron chi connectivity index (χ2n) is 7.89. The van der Waals surface area contributed by atoms with Gasteiger partial charge in [-0.25, -0.2) is 0 Å². The zero-order valence-electron chi connectivity index (χ0n) is 14.9. The molecular formula is C20H34N2. The van der Waals surface area contributed by atoms with Gasteiger partial charge in [0.2, 0.25) is 0 Å². The van der Waals surface area contributed by atoms with E-state index in [-0.39, 0.29) is 5.41 Å². The molecule has 1 aromatic rings. The van der Waals surface area contributed by atoms with Crippen molar-refractivity contribution in [2.45, 2.75) is 58.3 Å². The predicted molar refractivity (Wildman–Crippen MR) is 96.4 cm³/mol. The van der Waals surface area contributed by atoms with E-state index in [2.05, 4.69) is 56.9 Å². The largest absolute Gasteiger partial charge is 0.330 e. The fourth-order valence-corrected chi connectivity index (χ4v) is 3.73. The van der Waals surface area contributed by atoms with E-state index < -0.39 is 0 Å². The maximum absolute atomic E-state index is 6.14. The van der Waals surface area contributed by atoms with Gasteiger partial charge < -0.3 is 10.6 Å². The summed E-state index contributed by atoms with van der Waals surface area (Å²) in [6, 6.07) is 9.22. The summed E-state index contributed by atoms with van der Waals surface area (Å²) in [6.07, 6.45) is 3.85. The highest BCUT2D eigenvalue weighted by Crippen LogP contribution is 2.33. The highest BCUT2D eigenvalue weighted by Gasteiger charge is 2.26. The zero-order chi connectivity index (χ0) is 16.2. The molecule has 0 bridgehead atoms. The van der Waals surface area contributed by atoms with Crippen molar-refractivity contribution < 1.29 is 0 Å². The summed E-state index contributed by atoms with van der Waals surface area (Å²) in [4.78, 5) is 2.60. The number of rotatable bonds is 5. The first-order valence-corrected chi connectivity index (χ1v) is 8.98. The molecule has 1 aliphatic rings. The van der Waals surface area contributed by atoms with Gasteiger partial charge in [0.1, 0.15) is 0 Å². The molecule has 1 aliphatic heterocycles. The van der Waals surface area contributed by atoms with Crippen molar-refractivity contribution >= 4 is 0 Å². The van der Waals surface area contributed by atoms with Crippen LogP contribution in [-0.4, -0.2) is 31.1 Å². The fourth-order valence-electron chi connectivity index (χ4n) is 3.73. The Morgan fingerprint density at radius 3 is 2.18 bits per heavy atom. The monoisotopic (exact) mass is 302 g/mol. The second-order valence-corrected chi connectivity index (χ2v) is 7.89. The molecule has 0 radical (unpaired) electrons. The van der Waals surface area contributed by atoms with Crippen molar-refractivity contribution in [3.8, 4) is 0 Å². The topological polar surface area (TPSA) is 29.3 Å². The minimum Gasteiger partial charge on any atom is -0.330 e. The van der Waals surface area contributed by atoms with Gasteiger partial charge in [0.05, 0.1) is 0 Å². The zero-order valence-corrected chi connectivity index (χ0v) is 14.9. The third-order valence-electron chi connectivity index (χ3n) is 5.20. The number of benzene rings is 1. The summed E-state index contributed by atoms with van der Waals surface area (Å²) in [7, 11) is 0. The molecule has 1 aromatic carbocycles. The first-order valence-electron chi connectivity index (χ1n) is 8.98. The molecule has 2 N–H and O–H groups in total. The Labute approximate surface area is 137 Å². The molecule has 22 heavy (non-hydrogen) atoms. The first-order chi connectivity index (χ1) is 10.5. The summed E-state index contributed by atoms with van der Waals surface area (Å²) in [5.41, 5.74) is 9.21. The van der Waals surface area contributed by atoms with Crippen LogP contribution in [0, 0.1) is 5.92 Å². The Kier molecular flexibility index (Phi) is 6.05. The number of piperidine rings is 1. The normalized spacial score (nSPS) is 19.3. The summed E-state index contributed by atoms with van der Waals surface area (Å²) in [5.74, 6) is 1.27. The van der Waals surface area contributed by atoms with E-state index in [0.29, 0.717) is 5.92 Å². The van der Waals surface area contributed by atoms with Crippen LogP contribution in [0.1, 0.15) is 64.0 Å². The van der Waals surface area contributed by atoms with Crippen LogP contribution in [0.25, 0.3) is 0 Å². The smallest absolute Gasteiger partial charge is 0.000555 e. The third-order valence-corrected chi connectivity index (χ3v) is 5.20. The molecular weight excluding hydrogens is 268 g/mol. The Balaban J connectivity index is 2.03. The van der Waals surface area contributed by atoms with Crippen molar-refractivity contribution in [3.05, 3.63) is 35.4 Å². The van der Waals surface area contributed by atoms with Crippen molar-refractivity contribution in [1.82, 2.24) is 4.90 Å². The summed E-state index contributed by atoms with van der Waals surface area (Å²) in [6.45, 7) is 13.6. The standard InChI is InChI=1S/C20H34N2/c1-5-12-22-13-10-17(11-14-22)19(15-21)16-6-8-18(9-7-16)20(2,3)4/h6-9,17,19H,5,10-15,21H2,1-4H3. The number of nitrogens with two attached hydrogens (primary N) is 1. The molecule has 0 amide bonds. The second kappa shape index (κ2) is 7.61. The molecule has 1 atom stereocenters. The van der Waals surface area contributed by atoms with E-state index in [1.807, 2.05) is 0 Å². The first kappa shape index (κ1) is 17.5. The third kappa shape index (κ3) is 4.33. The van der Waals surface area contributed by atoms with Gasteiger partial charge >= 0.3 is 0 Å². The fraction of sp³-hybridized carbons (Fsp3) is 0.700. The molecule has 1 saturated heterocycles. The Hall–Kier alpha value is -0.860. The molecule has 0 aliphatic carbocycles. The van der Waals surface area contributed by atoms with Gasteiger partial charge in [-0.3, -0.25) is 0 Å². The minimum absolute atomic E-state index is 0.224. The molecule has 2 nitrogen and oxygen atoms in total. The molecule has 0 saturated carbocycles. The van der Waals surface area contributed by atoms with E-state index in [1.165, 1.54) is 50.0 Å². The Bertz CT molecular complexity index is 436. The van der Waals surface area contributed by atoms with Gasteiger partial charge in [-0.15, -0.1) is 0 Å². The molecule has 0 spiro atoms. The molecule has 2 heteroatoms. The number of hydrogen-bond acceptors (Lipinski definition) is 2. The predicted octanol–water partition coefficient (Wildman–Crippen LogP) is 4.15. The van der Waals surface area contributed by atoms with Gasteiger partial charge in [0.25, 0.3) is 0 Å². The molecule has 1 unspecified atom stereocenters. The lowest BCUT2D eigenvalue weighted by Crippen LogP contribution is -2.37. The summed E-state index contributed by atoms with van der Waals surface area (Å²) in [5, 5.41) is 0. The number of hydrogen-bond donors (Lipinski definition) is 1. The van der Waals surface area contributed by atoms with E-state index in [1.54, 1.807) is 0 Å².